The van der Waals surface area contributed by atoms with E-state index in [0.29, 0.717) is 0 Å². The van der Waals surface area contributed by atoms with Crippen LogP contribution in [0.15, 0.2) is 0 Å². The Morgan fingerprint density at radius 2 is 0.602 bits per heavy atom. The average Bonchev–Trinajstić information content (AvgIpc) is 0.785. The summed E-state index contributed by atoms with van der Waals surface area (Å²) in [6.45, 7) is -3.91. The normalized spacial score (nSPS) is 44.9. The van der Waals surface area contributed by atoms with Crippen molar-refractivity contribution in [1.82, 2.24) is 5.32 Å². The van der Waals surface area contributed by atoms with E-state index in [4.69, 9.17) is 75.8 Å². The number of Topliss-reactive ketones (excluding diaryl/α,β-unsaturated/α-hetero) is 2. The molecule has 0 radical (unpaired) electrons. The van der Waals surface area contributed by atoms with Crippen LogP contribution in [-0.2, 0) is 95.0 Å². The summed E-state index contributed by atoms with van der Waals surface area (Å²) in [5.41, 5.74) is 0. The van der Waals surface area contributed by atoms with E-state index < -0.39 is 290 Å². The molecule has 21 rings (SSSR count). The zero-order chi connectivity index (χ0) is 75.4. The van der Waals surface area contributed by atoms with Gasteiger partial charge in [-0.25, -0.2) is 0 Å². The molecule has 44 heteroatoms. The topological polar surface area (TPSA) is 653 Å². The van der Waals surface area contributed by atoms with E-state index in [1.807, 2.05) is 0 Å². The highest BCUT2D eigenvalue weighted by Crippen LogP contribution is 2.40. The number of aliphatic hydroxyl groups is 19. The lowest BCUT2D eigenvalue weighted by molar-refractivity contribution is -0.395. The van der Waals surface area contributed by atoms with Gasteiger partial charge in [0.2, 0.25) is 0 Å². The molecule has 0 aliphatic carbocycles. The Morgan fingerprint density at radius 1 is 0.350 bits per heavy atom. The number of nitrogens with one attached hydrogen (secondary N) is 1. The molecular weight excluding hydrogens is 1440 g/mol. The molecule has 42 nitrogen and oxygen atoms in total. The van der Waals surface area contributed by atoms with Gasteiger partial charge in [0.25, 0.3) is 0 Å². The van der Waals surface area contributed by atoms with Gasteiger partial charge in [-0.1, -0.05) is 0 Å². The van der Waals surface area contributed by atoms with Gasteiger partial charge in [-0.05, 0) is 14.0 Å². The second-order valence-corrected chi connectivity index (χ2v) is 27.9. The van der Waals surface area contributed by atoms with Crippen LogP contribution in [0.25, 0.3) is 0 Å². The van der Waals surface area contributed by atoms with Crippen molar-refractivity contribution in [1.29, 1.82) is 0 Å². The van der Waals surface area contributed by atoms with Crippen LogP contribution < -0.4 is 5.32 Å². The molecule has 0 aromatic heterocycles. The molecular formula is C59H97NO41S2. The van der Waals surface area contributed by atoms with Gasteiger partial charge in [-0.15, -0.1) is 0 Å². The number of aliphatic hydroxyl groups excluding tert-OH is 19. The highest BCUT2D eigenvalue weighted by atomic mass is 32.2. The number of ether oxygens (including phenoxy) is 16. The fourth-order valence-corrected chi connectivity index (χ4v) is 15.0. The Morgan fingerprint density at radius 3 is 0.845 bits per heavy atom. The number of thioether (sulfide) groups is 2. The first kappa shape index (κ1) is 86.1. The smallest absolute Gasteiger partial charge is 0.321 e. The van der Waals surface area contributed by atoms with E-state index in [-0.39, 0.29) is 62.3 Å². The molecule has 0 spiro atoms. The lowest BCUT2D eigenvalue weighted by Crippen LogP contribution is -2.68. The molecule has 21 aliphatic rings. The van der Waals surface area contributed by atoms with Crippen molar-refractivity contribution >= 4 is 47.0 Å². The summed E-state index contributed by atoms with van der Waals surface area (Å²) in [5, 5.41) is 239. The molecule has 14 bridgehead atoms. The van der Waals surface area contributed by atoms with Gasteiger partial charge in [0.1, 0.15) is 176 Å². The van der Waals surface area contributed by atoms with Crippen molar-refractivity contribution in [2.45, 2.75) is 247 Å². The first-order chi connectivity index (χ1) is 49.0. The number of carbonyl (C=O) groups is 4. The van der Waals surface area contributed by atoms with Gasteiger partial charge in [0, 0.05) is 42.3 Å². The van der Waals surface area contributed by atoms with Crippen LogP contribution in [0.1, 0.15) is 26.2 Å². The molecule has 0 saturated carbocycles. The first-order valence-corrected chi connectivity index (χ1v) is 35.5. The number of hydrogen-bond acceptors (Lipinski definition) is 42. The fraction of sp³-hybridized carbons (Fsp3) is 0.932. The van der Waals surface area contributed by atoms with Crippen molar-refractivity contribution in [2.75, 3.05) is 89.5 Å². The quantitative estimate of drug-likeness (QED) is 0.0340. The summed E-state index contributed by atoms with van der Waals surface area (Å²) in [6.07, 6.45) is -73.1. The second-order valence-electron chi connectivity index (χ2n) is 25.7. The van der Waals surface area contributed by atoms with Gasteiger partial charge in [-0.3, -0.25) is 19.2 Å². The molecule has 596 valence electrons. The summed E-state index contributed by atoms with van der Waals surface area (Å²) < 4.78 is 93.3. The van der Waals surface area contributed by atoms with Crippen molar-refractivity contribution in [3.05, 3.63) is 0 Å². The third-order valence-electron chi connectivity index (χ3n) is 18.6. The standard InChI is InChI=1S/C59H97NO41S2/c1-19(66)3-5-86-7-8-87-6-4-21(67)9-20(51(82)83)15-102-17-28-49-35(73)42(80)58(93-28)98-47-26(13-64)89-55(38(76)31(47)69)97-46-25(12-63)92-57(41(79)34(46)72)101-50-29(18-103-16-22(60-2)52(84)85)94-59(43(81)36(50)74)99-48-27(14-65)90-54(39(77)32(48)70)95-44-23(10-61)88-53(37(75)30(44)68)96-45-24(11-62)91-56(100-49)40(78)33(45)71/h20,22-50,53-65,68-81H,3-18H2,1-2H3,(H,82,83)(H,84,85)/t20-,22-,23?,24?,25?,26?,27?,28?,29?,30-,31-,32-,33-,34-,35-,36-,37?,38?,39?,40?,41?,42?,43?,44-,45-,46-,47-,48-,49-,50-,53-,54-,55+,56+,57+,58-,59+/m1/s1. The van der Waals surface area contributed by atoms with Crippen LogP contribution in [0.2, 0.25) is 0 Å². The third-order valence-corrected chi connectivity index (χ3v) is 20.9. The second kappa shape index (κ2) is 40.0. The number of carbonyl (C=O) groups excluding carboxylic acids is 2. The Balaban J connectivity index is 1.08. The molecule has 0 aromatic carbocycles. The monoisotopic (exact) mass is 1540 g/mol. The van der Waals surface area contributed by atoms with Crippen LogP contribution in [-0.4, -0.2) is 441 Å². The Hall–Kier alpha value is -2.46. The summed E-state index contributed by atoms with van der Waals surface area (Å²) in [4.78, 5) is 48.7. The van der Waals surface area contributed by atoms with E-state index in [2.05, 4.69) is 5.32 Å². The van der Waals surface area contributed by atoms with Crippen molar-refractivity contribution in [3.8, 4) is 0 Å². The molecule has 21 saturated heterocycles. The molecule has 21 aliphatic heterocycles. The number of carboxylic acid groups (broad SMARTS) is 2. The van der Waals surface area contributed by atoms with E-state index >= 15 is 0 Å². The van der Waals surface area contributed by atoms with Gasteiger partial charge < -0.3 is 188 Å². The Labute approximate surface area is 595 Å². The molecule has 22 N–H and O–H groups in total. The minimum absolute atomic E-state index is 0.0645. The average molecular weight is 1540 g/mol. The minimum Gasteiger partial charge on any atom is -0.481 e. The van der Waals surface area contributed by atoms with E-state index in [1.165, 1.54) is 14.0 Å². The lowest BCUT2D eigenvalue weighted by Gasteiger charge is -2.50. The largest absolute Gasteiger partial charge is 0.481 e. The maximum Gasteiger partial charge on any atom is 0.321 e. The molecule has 37 atom stereocenters. The Bertz CT molecular complexity index is 2610. The molecule has 21 heterocycles. The molecule has 21 fully saturated rings. The van der Waals surface area contributed by atoms with Gasteiger partial charge in [-0.2, -0.15) is 23.5 Å². The number of aliphatic carboxylic acids is 2. The van der Waals surface area contributed by atoms with Crippen LogP contribution in [0, 0.1) is 5.92 Å². The fourth-order valence-electron chi connectivity index (χ4n) is 12.6. The number of rotatable bonds is 27. The first-order valence-electron chi connectivity index (χ1n) is 33.2. The molecule has 14 unspecified atom stereocenters. The number of hydrogen-bond donors (Lipinski definition) is 22. The summed E-state index contributed by atoms with van der Waals surface area (Å²) in [7, 11) is 1.35. The predicted octanol–water partition coefficient (Wildman–Crippen LogP) is -13.0. The zero-order valence-corrected chi connectivity index (χ0v) is 57.2. The lowest BCUT2D eigenvalue weighted by atomic mass is 9.95. The molecule has 0 amide bonds. The maximum atomic E-state index is 13.0. The van der Waals surface area contributed by atoms with E-state index in [0.717, 1.165) is 23.5 Å². The third kappa shape index (κ3) is 21.0. The Kier molecular flexibility index (Phi) is 33.4. The highest BCUT2D eigenvalue weighted by molar-refractivity contribution is 7.99. The van der Waals surface area contributed by atoms with Gasteiger partial charge >= 0.3 is 11.9 Å². The van der Waals surface area contributed by atoms with Crippen molar-refractivity contribution in [2.24, 2.45) is 5.92 Å². The van der Waals surface area contributed by atoms with Crippen LogP contribution >= 0.6 is 23.5 Å². The number of likely N-dealkylation sites (N-methyl/N-ethyl adjacent to an activating group) is 1. The van der Waals surface area contributed by atoms with Gasteiger partial charge in [0.15, 0.2) is 44.0 Å². The SMILES string of the molecule is CN[C@H](CSCC1O[C@H]2O[C@@H]3C(CO)O[C@H](O[C@@H]4C(CO)O[C@H](O[C@@H]5C(CO)O[C@@H](O[C@@H]6C(CSC[C@@H](CC(=O)CCOCCOCCC(C)=O)C(=O)O)O[C@H](O[C@@H]7C(CO)O[C@@H](O[C@@H]8C(CO)O[C@@H](O[C@H]1[C@H](O)C2O)C(O)[C@H]8O)C(O)[C@H]7O)C(O)[C@H]6O)C(O)[C@H]5O)C(O)[C@H]4O)C(O)[C@H]3O)C(=O)O. The number of carboxylic acids is 2. The summed E-state index contributed by atoms with van der Waals surface area (Å²) >= 11 is 1.66. The minimum atomic E-state index is -2.31. The molecule has 103 heavy (non-hydrogen) atoms. The van der Waals surface area contributed by atoms with Gasteiger partial charge in [0.05, 0.1) is 77.6 Å². The van der Waals surface area contributed by atoms with Crippen LogP contribution in [0.4, 0.5) is 0 Å². The van der Waals surface area contributed by atoms with E-state index in [1.54, 1.807) is 0 Å². The van der Waals surface area contributed by atoms with Crippen molar-refractivity contribution in [3.63, 3.8) is 0 Å². The maximum absolute atomic E-state index is 13.0. The van der Waals surface area contributed by atoms with Crippen LogP contribution in [0.3, 0.4) is 0 Å². The summed E-state index contributed by atoms with van der Waals surface area (Å²) in [5.74, 6) is -6.08. The van der Waals surface area contributed by atoms with Crippen LogP contribution in [0.5, 0.6) is 0 Å². The number of ketones is 2. The summed E-state index contributed by atoms with van der Waals surface area (Å²) in [6, 6.07) is -1.18. The zero-order valence-electron chi connectivity index (χ0n) is 55.5. The van der Waals surface area contributed by atoms with Crippen molar-refractivity contribution < 1.29 is 202 Å². The van der Waals surface area contributed by atoms with E-state index in [9.17, 15) is 126 Å². The highest BCUT2D eigenvalue weighted by Gasteiger charge is 2.60. The predicted molar refractivity (Wildman–Crippen MR) is 332 cm³/mol. The molecule has 0 aromatic rings.